The summed E-state index contributed by atoms with van der Waals surface area (Å²) in [6, 6.07) is 0. The molecule has 4 nitrogen and oxygen atoms in total. The van der Waals surface area contributed by atoms with Crippen molar-refractivity contribution >= 4 is 27.9 Å². The smallest absolute Gasteiger partial charge is 0.416 e. The van der Waals surface area contributed by atoms with Crippen LogP contribution in [0.2, 0.25) is 0 Å². The van der Waals surface area contributed by atoms with Crippen LogP contribution in [0.25, 0.3) is 0 Å². The minimum absolute atomic E-state index is 0.118. The van der Waals surface area contributed by atoms with E-state index in [1.807, 2.05) is 0 Å². The van der Waals surface area contributed by atoms with Crippen molar-refractivity contribution in [2.24, 2.45) is 5.92 Å². The van der Waals surface area contributed by atoms with E-state index in [-0.39, 0.29) is 11.8 Å². The van der Waals surface area contributed by atoms with Crippen LogP contribution < -0.4 is 0 Å². The maximum Gasteiger partial charge on any atom is 0.416 e. The molecule has 0 saturated carbocycles. The van der Waals surface area contributed by atoms with Crippen LogP contribution in [0.3, 0.4) is 0 Å². The zero-order chi connectivity index (χ0) is 12.1. The fourth-order valence-electron chi connectivity index (χ4n) is 1.82. The SMILES string of the molecule is CCC(Br)C(CC)CC(=O)N1CCOC1=O. The van der Waals surface area contributed by atoms with Crippen molar-refractivity contribution in [3.63, 3.8) is 0 Å². The van der Waals surface area contributed by atoms with Crippen molar-refractivity contribution in [3.8, 4) is 0 Å². The second kappa shape index (κ2) is 6.23. The molecule has 92 valence electrons. The summed E-state index contributed by atoms with van der Waals surface area (Å²) in [5.41, 5.74) is 0. The molecule has 2 amide bonds. The van der Waals surface area contributed by atoms with Gasteiger partial charge in [0.15, 0.2) is 0 Å². The van der Waals surface area contributed by atoms with Gasteiger partial charge in [-0.15, -0.1) is 0 Å². The molecule has 1 heterocycles. The van der Waals surface area contributed by atoms with E-state index < -0.39 is 6.09 Å². The highest BCUT2D eigenvalue weighted by atomic mass is 79.9. The normalized spacial score (nSPS) is 19.4. The van der Waals surface area contributed by atoms with Crippen LogP contribution in [-0.4, -0.2) is 34.9 Å². The van der Waals surface area contributed by atoms with Gasteiger partial charge in [-0.05, 0) is 12.3 Å². The summed E-state index contributed by atoms with van der Waals surface area (Å²) in [5.74, 6) is 0.165. The molecule has 1 saturated heterocycles. The number of amides is 2. The first-order valence-electron chi connectivity index (χ1n) is 5.71. The average molecular weight is 292 g/mol. The third-order valence-corrected chi connectivity index (χ3v) is 4.32. The van der Waals surface area contributed by atoms with Gasteiger partial charge in [-0.2, -0.15) is 0 Å². The van der Waals surface area contributed by atoms with Crippen LogP contribution in [0.1, 0.15) is 33.1 Å². The van der Waals surface area contributed by atoms with E-state index in [1.165, 1.54) is 4.90 Å². The fourth-order valence-corrected chi connectivity index (χ4v) is 2.38. The highest BCUT2D eigenvalue weighted by Gasteiger charge is 2.30. The third kappa shape index (κ3) is 3.20. The Hall–Kier alpha value is -0.580. The lowest BCUT2D eigenvalue weighted by atomic mass is 9.96. The van der Waals surface area contributed by atoms with Crippen molar-refractivity contribution in [2.75, 3.05) is 13.2 Å². The molecular weight excluding hydrogens is 274 g/mol. The summed E-state index contributed by atoms with van der Waals surface area (Å²) in [6.45, 7) is 4.86. The Kier molecular flexibility index (Phi) is 5.25. The van der Waals surface area contributed by atoms with Crippen molar-refractivity contribution in [3.05, 3.63) is 0 Å². The molecular formula is C11H18BrNO3. The van der Waals surface area contributed by atoms with E-state index in [9.17, 15) is 9.59 Å². The molecule has 1 fully saturated rings. The number of cyclic esters (lactones) is 1. The number of alkyl halides is 1. The van der Waals surface area contributed by atoms with Gasteiger partial charge in [0.1, 0.15) is 6.61 Å². The van der Waals surface area contributed by atoms with E-state index >= 15 is 0 Å². The number of hydrogen-bond acceptors (Lipinski definition) is 3. The monoisotopic (exact) mass is 291 g/mol. The minimum atomic E-state index is -0.498. The summed E-state index contributed by atoms with van der Waals surface area (Å²) in [4.78, 5) is 24.6. The molecule has 0 aromatic rings. The number of hydrogen-bond donors (Lipinski definition) is 0. The van der Waals surface area contributed by atoms with Gasteiger partial charge in [-0.25, -0.2) is 9.69 Å². The zero-order valence-electron chi connectivity index (χ0n) is 9.74. The summed E-state index contributed by atoms with van der Waals surface area (Å²) in [7, 11) is 0. The molecule has 0 aromatic carbocycles. The van der Waals surface area contributed by atoms with Crippen LogP contribution in [0.4, 0.5) is 4.79 Å². The number of rotatable bonds is 5. The largest absolute Gasteiger partial charge is 0.447 e. The van der Waals surface area contributed by atoms with Crippen LogP contribution in [0, 0.1) is 5.92 Å². The van der Waals surface area contributed by atoms with Gasteiger partial charge in [0.05, 0.1) is 6.54 Å². The second-order valence-electron chi connectivity index (χ2n) is 3.96. The molecule has 0 aliphatic carbocycles. The molecule has 0 radical (unpaired) electrons. The summed E-state index contributed by atoms with van der Waals surface area (Å²) in [5, 5.41) is 0. The Bertz CT molecular complexity index is 270. The van der Waals surface area contributed by atoms with Gasteiger partial charge in [0, 0.05) is 11.2 Å². The third-order valence-electron chi connectivity index (χ3n) is 2.92. The van der Waals surface area contributed by atoms with Gasteiger partial charge in [-0.3, -0.25) is 4.79 Å². The van der Waals surface area contributed by atoms with Gasteiger partial charge in [-0.1, -0.05) is 36.2 Å². The zero-order valence-corrected chi connectivity index (χ0v) is 11.3. The Morgan fingerprint density at radius 3 is 2.62 bits per heavy atom. The highest BCUT2D eigenvalue weighted by molar-refractivity contribution is 9.09. The van der Waals surface area contributed by atoms with Crippen molar-refractivity contribution in [1.29, 1.82) is 0 Å². The van der Waals surface area contributed by atoms with Crippen LogP contribution in [0.5, 0.6) is 0 Å². The molecule has 16 heavy (non-hydrogen) atoms. The first-order chi connectivity index (χ1) is 7.60. The Morgan fingerprint density at radius 2 is 2.19 bits per heavy atom. The topological polar surface area (TPSA) is 46.6 Å². The lowest BCUT2D eigenvalue weighted by Crippen LogP contribution is -2.34. The van der Waals surface area contributed by atoms with Crippen molar-refractivity contribution in [1.82, 2.24) is 4.90 Å². The number of carbonyl (C=O) groups is 2. The minimum Gasteiger partial charge on any atom is -0.447 e. The lowest BCUT2D eigenvalue weighted by molar-refractivity contribution is -0.128. The fraction of sp³-hybridized carbons (Fsp3) is 0.818. The molecule has 0 aromatic heterocycles. The first kappa shape index (κ1) is 13.5. The molecule has 0 bridgehead atoms. The van der Waals surface area contributed by atoms with E-state index in [0.29, 0.717) is 24.4 Å². The summed E-state index contributed by atoms with van der Waals surface area (Å²) < 4.78 is 4.74. The quantitative estimate of drug-likeness (QED) is 0.732. The molecule has 0 spiro atoms. The van der Waals surface area contributed by atoms with Crippen molar-refractivity contribution in [2.45, 2.75) is 37.9 Å². The van der Waals surface area contributed by atoms with Crippen LogP contribution >= 0.6 is 15.9 Å². The Labute approximate surface area is 104 Å². The molecule has 0 N–H and O–H groups in total. The Balaban J connectivity index is 2.51. The lowest BCUT2D eigenvalue weighted by Gasteiger charge is -2.21. The first-order valence-corrected chi connectivity index (χ1v) is 6.62. The summed E-state index contributed by atoms with van der Waals surface area (Å²) >= 11 is 3.57. The Morgan fingerprint density at radius 1 is 1.50 bits per heavy atom. The van der Waals surface area contributed by atoms with Gasteiger partial charge in [0.2, 0.25) is 5.91 Å². The standard InChI is InChI=1S/C11H18BrNO3/c1-3-8(9(12)4-2)7-10(14)13-5-6-16-11(13)15/h8-9H,3-7H2,1-2H3. The molecule has 1 aliphatic heterocycles. The molecule has 2 unspecified atom stereocenters. The average Bonchev–Trinajstić information content (AvgIpc) is 2.71. The van der Waals surface area contributed by atoms with Gasteiger partial charge in [0.25, 0.3) is 0 Å². The van der Waals surface area contributed by atoms with Crippen LogP contribution in [-0.2, 0) is 9.53 Å². The van der Waals surface area contributed by atoms with Gasteiger partial charge < -0.3 is 4.74 Å². The van der Waals surface area contributed by atoms with E-state index in [2.05, 4.69) is 29.8 Å². The molecule has 5 heteroatoms. The number of halogens is 1. The number of ether oxygens (including phenoxy) is 1. The van der Waals surface area contributed by atoms with E-state index in [1.54, 1.807) is 0 Å². The van der Waals surface area contributed by atoms with Crippen molar-refractivity contribution < 1.29 is 14.3 Å². The molecule has 1 rings (SSSR count). The van der Waals surface area contributed by atoms with Gasteiger partial charge >= 0.3 is 6.09 Å². The summed E-state index contributed by atoms with van der Waals surface area (Å²) in [6.07, 6.45) is 1.83. The van der Waals surface area contributed by atoms with E-state index in [0.717, 1.165) is 12.8 Å². The van der Waals surface area contributed by atoms with E-state index in [4.69, 9.17) is 4.74 Å². The molecule has 1 aliphatic rings. The maximum atomic E-state index is 11.8. The number of imide groups is 1. The number of nitrogens with zero attached hydrogens (tertiary/aromatic N) is 1. The second-order valence-corrected chi connectivity index (χ2v) is 5.13. The maximum absolute atomic E-state index is 11.8. The predicted octanol–water partition coefficient (Wildman–Crippen LogP) is 2.56. The predicted molar refractivity (Wildman–Crippen MR) is 64.5 cm³/mol. The van der Waals surface area contributed by atoms with Crippen LogP contribution in [0.15, 0.2) is 0 Å². The number of carbonyl (C=O) groups excluding carboxylic acids is 2. The molecule has 2 atom stereocenters. The highest BCUT2D eigenvalue weighted by Crippen LogP contribution is 2.24.